The second-order valence-corrected chi connectivity index (χ2v) is 25.3. The molecule has 2 rings (SSSR count). The third-order valence-corrected chi connectivity index (χ3v) is 16.1. The van der Waals surface area contributed by atoms with Crippen LogP contribution in [0, 0.1) is 0 Å². The van der Waals surface area contributed by atoms with E-state index in [-0.39, 0.29) is 0 Å². The maximum absolute atomic E-state index is 4.08. The van der Waals surface area contributed by atoms with E-state index >= 15 is 0 Å². The van der Waals surface area contributed by atoms with Crippen LogP contribution in [0.25, 0.3) is 0 Å². The number of aryl methyl sites for hydroxylation is 1. The molecule has 1 saturated heterocycles. The summed E-state index contributed by atoms with van der Waals surface area (Å²) >= 11 is 15.7. The van der Waals surface area contributed by atoms with Crippen molar-refractivity contribution < 1.29 is 0 Å². The van der Waals surface area contributed by atoms with Crippen LogP contribution in [0.15, 0.2) is 30.3 Å². The molecule has 1 aliphatic rings. The number of alkyl halides is 2. The molecule has 0 spiro atoms. The Hall–Kier alpha value is 1.57. The van der Waals surface area contributed by atoms with Gasteiger partial charge in [0.1, 0.15) is 0 Å². The number of hydrogen-bond donors (Lipinski definition) is 0. The molecule has 96 valence electrons. The van der Waals surface area contributed by atoms with Crippen LogP contribution < -0.4 is 0 Å². The van der Waals surface area contributed by atoms with Gasteiger partial charge in [0.05, 0.1) is 0 Å². The van der Waals surface area contributed by atoms with Crippen LogP contribution in [0.2, 0.25) is 0 Å². The maximum atomic E-state index is 4.08. The van der Waals surface area contributed by atoms with Crippen molar-refractivity contribution in [2.45, 2.75) is 16.1 Å². The van der Waals surface area contributed by atoms with E-state index in [2.05, 4.69) is 93.2 Å². The normalized spacial score (nSPS) is 32.8. The summed E-state index contributed by atoms with van der Waals surface area (Å²) in [6.07, 6.45) is 4.80. The van der Waals surface area contributed by atoms with Gasteiger partial charge in [0, 0.05) is 0 Å². The summed E-state index contributed by atoms with van der Waals surface area (Å²) in [4.78, 5) is 1.16. The van der Waals surface area contributed by atoms with Crippen molar-refractivity contribution in [1.82, 2.24) is 0 Å². The Kier molecular flexibility index (Phi) is 4.86. The average Bonchev–Trinajstić information content (AvgIpc) is 2.48. The molecular weight excluding hydrogens is 495 g/mol. The monoisotopic (exact) mass is 506 g/mol. The summed E-state index contributed by atoms with van der Waals surface area (Å²) in [5.41, 5.74) is 1.43. The Balaban J connectivity index is 2.03. The molecule has 17 heavy (non-hydrogen) atoms. The summed E-state index contributed by atoms with van der Waals surface area (Å²) in [5, 5.41) is 0. The van der Waals surface area contributed by atoms with E-state index in [4.69, 9.17) is 0 Å². The molecule has 0 aromatic heterocycles. The molecule has 0 aliphatic carbocycles. The topological polar surface area (TPSA) is 0 Å². The second-order valence-electron chi connectivity index (χ2n) is 4.81. The number of rotatable bonds is 3. The first kappa shape index (κ1) is 15.0. The Morgan fingerprint density at radius 1 is 1.00 bits per heavy atom. The number of benzene rings is 1. The van der Waals surface area contributed by atoms with E-state index in [0.717, 1.165) is 6.42 Å². The Bertz CT molecular complexity index is 379. The van der Waals surface area contributed by atoms with E-state index < -0.39 is 4.01 Å². The van der Waals surface area contributed by atoms with Crippen LogP contribution >= 0.6 is 66.8 Å². The van der Waals surface area contributed by atoms with E-state index in [1.165, 1.54) is 24.0 Å². The van der Waals surface area contributed by atoms with Gasteiger partial charge < -0.3 is 0 Å². The summed E-state index contributed by atoms with van der Waals surface area (Å²) < 4.78 is -1.84. The fourth-order valence-corrected chi connectivity index (χ4v) is 20.2. The van der Waals surface area contributed by atoms with Gasteiger partial charge in [0.2, 0.25) is 0 Å². The molecule has 0 N–H and O–H groups in total. The zero-order valence-electron chi connectivity index (χ0n) is 9.33. The Morgan fingerprint density at radius 2 is 1.53 bits per heavy atom. The van der Waals surface area contributed by atoms with Crippen LogP contribution in [-0.4, -0.2) is 28.1 Å². The van der Waals surface area contributed by atoms with E-state index in [1.54, 1.807) is 0 Å². The summed E-state index contributed by atoms with van der Waals surface area (Å²) in [5.74, 6) is 0. The second kappa shape index (κ2) is 5.52. The first-order chi connectivity index (χ1) is 7.87. The first-order valence-corrected chi connectivity index (χ1v) is 14.3. The molecule has 5 heteroatoms. The minimum atomic E-state index is -1.84. The van der Waals surface area contributed by atoms with Gasteiger partial charge in [-0.15, -0.1) is 0 Å². The average molecular weight is 510 g/mol. The van der Waals surface area contributed by atoms with Crippen molar-refractivity contribution in [2.75, 3.05) is 18.5 Å². The molecule has 2 unspecified atom stereocenters. The summed E-state index contributed by atoms with van der Waals surface area (Å²) in [6, 6.07) is 10.7. The molecule has 0 radical (unpaired) electrons. The minimum absolute atomic E-state index is 0.578. The molecule has 1 fully saturated rings. The van der Waals surface area contributed by atoms with Crippen LogP contribution in [-0.2, 0) is 6.42 Å². The summed E-state index contributed by atoms with van der Waals surface area (Å²) in [7, 11) is 0. The van der Waals surface area contributed by atoms with Gasteiger partial charge in [-0.25, -0.2) is 0 Å². The predicted octanol–water partition coefficient (Wildman–Crippen LogP) is 5.94. The van der Waals surface area contributed by atoms with Crippen LogP contribution in [0.3, 0.4) is 0 Å². The SMILES string of the molecule is BrC1CP(Br)(Br)(CCc2ccccc2)CC1Br. The van der Waals surface area contributed by atoms with Gasteiger partial charge in [-0.1, -0.05) is 0 Å². The van der Waals surface area contributed by atoms with Crippen LogP contribution in [0.1, 0.15) is 5.56 Å². The molecule has 1 heterocycles. The molecule has 0 saturated carbocycles. The van der Waals surface area contributed by atoms with Crippen molar-refractivity contribution in [3.05, 3.63) is 35.9 Å². The molecule has 0 nitrogen and oxygen atoms in total. The molecule has 1 aliphatic heterocycles. The fourth-order valence-electron chi connectivity index (χ4n) is 2.26. The Morgan fingerprint density at radius 3 is 2.06 bits per heavy atom. The van der Waals surface area contributed by atoms with Crippen molar-refractivity contribution in [3.63, 3.8) is 0 Å². The van der Waals surface area contributed by atoms with Crippen molar-refractivity contribution >= 4 is 66.8 Å². The quantitative estimate of drug-likeness (QED) is 0.349. The van der Waals surface area contributed by atoms with Gasteiger partial charge in [0.25, 0.3) is 0 Å². The Labute approximate surface area is 136 Å². The molecule has 0 amide bonds. The number of hydrogen-bond acceptors (Lipinski definition) is 0. The third-order valence-electron chi connectivity index (χ3n) is 3.26. The zero-order chi connectivity index (χ0) is 12.5. The van der Waals surface area contributed by atoms with Crippen LogP contribution in [0.4, 0.5) is 0 Å². The van der Waals surface area contributed by atoms with E-state index in [0.29, 0.717) is 9.65 Å². The molecule has 1 aromatic carbocycles. The standard InChI is InChI=1S/C12H15Br4P/c13-11-8-17(15,16,9-12(11)14)7-6-10-4-2-1-3-5-10/h1-5,11-12H,6-9H2. The fraction of sp³-hybridized carbons (Fsp3) is 0.500. The van der Waals surface area contributed by atoms with Gasteiger partial charge >= 0.3 is 137 Å². The zero-order valence-corrected chi connectivity index (χ0v) is 16.6. The van der Waals surface area contributed by atoms with Crippen molar-refractivity contribution in [3.8, 4) is 0 Å². The molecule has 2 atom stereocenters. The van der Waals surface area contributed by atoms with E-state index in [9.17, 15) is 0 Å². The van der Waals surface area contributed by atoms with Gasteiger partial charge in [0.15, 0.2) is 0 Å². The predicted molar refractivity (Wildman–Crippen MR) is 95.0 cm³/mol. The van der Waals surface area contributed by atoms with Crippen molar-refractivity contribution in [2.24, 2.45) is 0 Å². The molecule has 0 bridgehead atoms. The number of halogens is 4. The van der Waals surface area contributed by atoms with Crippen LogP contribution in [0.5, 0.6) is 0 Å². The summed E-state index contributed by atoms with van der Waals surface area (Å²) in [6.45, 7) is 0. The van der Waals surface area contributed by atoms with Gasteiger partial charge in [-0.05, 0) is 0 Å². The molecular formula is C12H15Br4P. The molecule has 1 aromatic rings. The van der Waals surface area contributed by atoms with Gasteiger partial charge in [-0.2, -0.15) is 0 Å². The van der Waals surface area contributed by atoms with Gasteiger partial charge in [-0.3, -0.25) is 0 Å². The van der Waals surface area contributed by atoms with Crippen molar-refractivity contribution in [1.29, 1.82) is 0 Å². The third kappa shape index (κ3) is 4.02. The van der Waals surface area contributed by atoms with E-state index in [1.807, 2.05) is 0 Å². The first-order valence-electron chi connectivity index (χ1n) is 5.64.